The molecule has 1 rings (SSSR count). The molecule has 0 saturated carbocycles. The fourth-order valence-corrected chi connectivity index (χ4v) is 1.33. The number of methoxy groups -OCH3 is 1. The number of hydrogen-bond donors (Lipinski definition) is 3. The summed E-state index contributed by atoms with van der Waals surface area (Å²) < 4.78 is 5.21. The van der Waals surface area contributed by atoms with Crippen molar-refractivity contribution in [3.05, 3.63) is 23.8 Å². The lowest BCUT2D eigenvalue weighted by molar-refractivity contribution is 0.316. The van der Waals surface area contributed by atoms with Crippen molar-refractivity contribution in [1.29, 1.82) is 0 Å². The summed E-state index contributed by atoms with van der Waals surface area (Å²) in [4.78, 5) is 0. The van der Waals surface area contributed by atoms with Crippen molar-refractivity contribution in [1.82, 2.24) is 0 Å². The molecule has 5 heteroatoms. The van der Waals surface area contributed by atoms with Gasteiger partial charge in [0.25, 0.3) is 0 Å². The van der Waals surface area contributed by atoms with E-state index in [0.717, 1.165) is 17.0 Å². The molecule has 0 aliphatic heterocycles. The quantitative estimate of drug-likeness (QED) is 0.313. The lowest BCUT2D eigenvalue weighted by Gasteiger charge is -2.16. The lowest BCUT2D eigenvalue weighted by atomic mass is 10.2. The number of amidine groups is 1. The van der Waals surface area contributed by atoms with Crippen LogP contribution >= 0.6 is 0 Å². The topological polar surface area (TPSA) is 79.9 Å². The van der Waals surface area contributed by atoms with Gasteiger partial charge in [-0.25, -0.2) is 0 Å². The van der Waals surface area contributed by atoms with Crippen LogP contribution in [0, 0.1) is 6.92 Å². The average molecular weight is 223 g/mol. The Labute approximate surface area is 94.9 Å². The zero-order valence-corrected chi connectivity index (χ0v) is 9.69. The van der Waals surface area contributed by atoms with Gasteiger partial charge < -0.3 is 21.0 Å². The van der Waals surface area contributed by atoms with Crippen LogP contribution in [0.3, 0.4) is 0 Å². The van der Waals surface area contributed by atoms with Gasteiger partial charge in [0.05, 0.1) is 18.8 Å². The third-order valence-corrected chi connectivity index (χ3v) is 2.29. The molecule has 1 aromatic rings. The summed E-state index contributed by atoms with van der Waals surface area (Å²) >= 11 is 0. The number of benzene rings is 1. The highest BCUT2D eigenvalue weighted by Gasteiger charge is 2.10. The number of oxime groups is 1. The molecule has 16 heavy (non-hydrogen) atoms. The number of anilines is 1. The Bertz CT molecular complexity index is 391. The number of nitrogens with two attached hydrogens (primary N) is 1. The van der Waals surface area contributed by atoms with Gasteiger partial charge in [0.2, 0.25) is 0 Å². The van der Waals surface area contributed by atoms with Gasteiger partial charge >= 0.3 is 0 Å². The Morgan fingerprint density at radius 3 is 2.81 bits per heavy atom. The first-order chi connectivity index (χ1) is 7.58. The summed E-state index contributed by atoms with van der Waals surface area (Å²) in [6.45, 7) is 3.79. The molecular weight excluding hydrogens is 206 g/mol. The van der Waals surface area contributed by atoms with Crippen molar-refractivity contribution in [3.63, 3.8) is 0 Å². The molecule has 1 aromatic carbocycles. The fourth-order valence-electron chi connectivity index (χ4n) is 1.33. The highest BCUT2D eigenvalue weighted by Crippen LogP contribution is 2.25. The second-order valence-corrected chi connectivity index (χ2v) is 3.59. The molecule has 88 valence electrons. The number of rotatable bonds is 4. The number of nitrogens with one attached hydrogen (secondary N) is 1. The molecule has 0 radical (unpaired) electrons. The second-order valence-electron chi connectivity index (χ2n) is 3.59. The Balaban J connectivity index is 2.91. The molecule has 0 heterocycles. The van der Waals surface area contributed by atoms with E-state index in [2.05, 4.69) is 10.5 Å². The molecule has 4 N–H and O–H groups in total. The first kappa shape index (κ1) is 12.2. The van der Waals surface area contributed by atoms with E-state index in [9.17, 15) is 0 Å². The van der Waals surface area contributed by atoms with E-state index < -0.39 is 0 Å². The standard InChI is InChI=1S/C11H17N3O2/c1-7-4-5-10(16-3)9(6-7)13-8(2)11(12)14-15/h4-6,8,13,15H,1-3H3,(H2,12,14). The van der Waals surface area contributed by atoms with Crippen LogP contribution < -0.4 is 15.8 Å². The normalized spacial score (nSPS) is 13.3. The SMILES string of the molecule is COc1ccc(C)cc1NC(C)C(N)=NO. The predicted molar refractivity (Wildman–Crippen MR) is 64.2 cm³/mol. The van der Waals surface area contributed by atoms with E-state index in [1.165, 1.54) is 0 Å². The minimum Gasteiger partial charge on any atom is -0.495 e. The maximum atomic E-state index is 8.56. The van der Waals surface area contributed by atoms with Crippen LogP contribution in [-0.4, -0.2) is 24.2 Å². The Morgan fingerprint density at radius 1 is 1.56 bits per heavy atom. The van der Waals surface area contributed by atoms with Gasteiger partial charge in [-0.05, 0) is 31.5 Å². The van der Waals surface area contributed by atoms with Gasteiger partial charge in [0.1, 0.15) is 5.75 Å². The Hall–Kier alpha value is -1.91. The highest BCUT2D eigenvalue weighted by atomic mass is 16.5. The van der Waals surface area contributed by atoms with Crippen molar-refractivity contribution in [2.24, 2.45) is 10.9 Å². The summed E-state index contributed by atoms with van der Waals surface area (Å²) in [7, 11) is 1.60. The molecular formula is C11H17N3O2. The smallest absolute Gasteiger partial charge is 0.161 e. The minimum atomic E-state index is -0.263. The van der Waals surface area contributed by atoms with Gasteiger partial charge in [-0.3, -0.25) is 0 Å². The first-order valence-corrected chi connectivity index (χ1v) is 4.97. The van der Waals surface area contributed by atoms with Crippen LogP contribution in [0.1, 0.15) is 12.5 Å². The van der Waals surface area contributed by atoms with Crippen molar-refractivity contribution >= 4 is 11.5 Å². The highest BCUT2D eigenvalue weighted by molar-refractivity contribution is 5.87. The van der Waals surface area contributed by atoms with E-state index >= 15 is 0 Å². The number of nitrogens with zero attached hydrogens (tertiary/aromatic N) is 1. The Kier molecular flexibility index (Phi) is 3.99. The van der Waals surface area contributed by atoms with Gasteiger partial charge in [0, 0.05) is 0 Å². The largest absolute Gasteiger partial charge is 0.495 e. The molecule has 1 atom stereocenters. The van der Waals surface area contributed by atoms with E-state index in [-0.39, 0.29) is 11.9 Å². The summed E-state index contributed by atoms with van der Waals surface area (Å²) in [5.41, 5.74) is 7.42. The van der Waals surface area contributed by atoms with Gasteiger partial charge in [0.15, 0.2) is 5.84 Å². The fraction of sp³-hybridized carbons (Fsp3) is 0.364. The molecule has 0 amide bonds. The summed E-state index contributed by atoms with van der Waals surface area (Å²) in [5, 5.41) is 14.6. The molecule has 0 spiro atoms. The van der Waals surface area contributed by atoms with Crippen molar-refractivity contribution in [2.75, 3.05) is 12.4 Å². The first-order valence-electron chi connectivity index (χ1n) is 4.97. The van der Waals surface area contributed by atoms with Gasteiger partial charge in [-0.2, -0.15) is 0 Å². The van der Waals surface area contributed by atoms with Crippen LogP contribution in [0.25, 0.3) is 0 Å². The molecule has 0 aliphatic rings. The molecule has 1 unspecified atom stereocenters. The minimum absolute atomic E-state index is 0.128. The molecule has 5 nitrogen and oxygen atoms in total. The average Bonchev–Trinajstić information content (AvgIpc) is 2.28. The molecule has 0 fully saturated rings. The van der Waals surface area contributed by atoms with Crippen LogP contribution in [0.4, 0.5) is 5.69 Å². The van der Waals surface area contributed by atoms with Crippen LogP contribution in [-0.2, 0) is 0 Å². The third kappa shape index (κ3) is 2.79. The maximum absolute atomic E-state index is 8.56. The summed E-state index contributed by atoms with van der Waals surface area (Å²) in [6, 6.07) is 5.51. The second kappa shape index (κ2) is 5.25. The van der Waals surface area contributed by atoms with Crippen molar-refractivity contribution in [2.45, 2.75) is 19.9 Å². The molecule has 0 aliphatic carbocycles. The van der Waals surface area contributed by atoms with Gasteiger partial charge in [-0.15, -0.1) is 0 Å². The van der Waals surface area contributed by atoms with Crippen LogP contribution in [0.15, 0.2) is 23.4 Å². The summed E-state index contributed by atoms with van der Waals surface area (Å²) in [5.74, 6) is 0.853. The number of ether oxygens (including phenoxy) is 1. The van der Waals surface area contributed by atoms with E-state index in [1.807, 2.05) is 25.1 Å². The zero-order valence-electron chi connectivity index (χ0n) is 9.69. The molecule has 0 aromatic heterocycles. The third-order valence-electron chi connectivity index (χ3n) is 2.29. The van der Waals surface area contributed by atoms with E-state index in [1.54, 1.807) is 14.0 Å². The van der Waals surface area contributed by atoms with Crippen LogP contribution in [0.2, 0.25) is 0 Å². The number of aryl methyl sites for hydroxylation is 1. The van der Waals surface area contributed by atoms with Crippen LogP contribution in [0.5, 0.6) is 5.75 Å². The predicted octanol–water partition coefficient (Wildman–Crippen LogP) is 1.55. The van der Waals surface area contributed by atoms with Crippen molar-refractivity contribution in [3.8, 4) is 5.75 Å². The molecule has 0 bridgehead atoms. The van der Waals surface area contributed by atoms with E-state index in [0.29, 0.717) is 0 Å². The number of hydrogen-bond acceptors (Lipinski definition) is 4. The van der Waals surface area contributed by atoms with E-state index in [4.69, 9.17) is 15.7 Å². The maximum Gasteiger partial charge on any atom is 0.161 e. The van der Waals surface area contributed by atoms with Gasteiger partial charge in [-0.1, -0.05) is 11.2 Å². The summed E-state index contributed by atoms with van der Waals surface area (Å²) in [6.07, 6.45) is 0. The monoisotopic (exact) mass is 223 g/mol. The van der Waals surface area contributed by atoms with Crippen molar-refractivity contribution < 1.29 is 9.94 Å². The lowest BCUT2D eigenvalue weighted by Crippen LogP contribution is -2.33. The zero-order chi connectivity index (χ0) is 12.1. The Morgan fingerprint density at radius 2 is 2.25 bits per heavy atom. The molecule has 0 saturated heterocycles.